The maximum Gasteiger partial charge on any atom is 0.238 e. The fourth-order valence-electron chi connectivity index (χ4n) is 1.35. The van der Waals surface area contributed by atoms with Crippen LogP contribution in [0.15, 0.2) is 24.3 Å². The maximum absolute atomic E-state index is 11.3. The fourth-order valence-corrected chi connectivity index (χ4v) is 1.84. The molecule has 1 rings (SSSR count). The molecule has 2 nitrogen and oxygen atoms in total. The van der Waals surface area contributed by atoms with Gasteiger partial charge in [0.1, 0.15) is 0 Å². The first-order valence-corrected chi connectivity index (χ1v) is 7.04. The zero-order chi connectivity index (χ0) is 11.7. The highest BCUT2D eigenvalue weighted by molar-refractivity contribution is 8.14. The third-order valence-corrected chi connectivity index (χ3v) is 5.26. The lowest BCUT2D eigenvalue weighted by Gasteiger charge is -2.21. The van der Waals surface area contributed by atoms with Gasteiger partial charge < -0.3 is 0 Å². The number of rotatable bonds is 3. The molecule has 1 aromatic carbocycles. The maximum atomic E-state index is 11.3. The standard InChI is InChI=1S/C11H15ClO2S/c1-9-6-4-5-7-10(9)8-11(2,3)15(12,13)14/h4-7H,8H2,1-3H3. The highest BCUT2D eigenvalue weighted by atomic mass is 35.7. The molecule has 0 spiro atoms. The molecule has 0 bridgehead atoms. The summed E-state index contributed by atoms with van der Waals surface area (Å²) in [5.74, 6) is 0. The van der Waals surface area contributed by atoms with E-state index in [4.69, 9.17) is 10.7 Å². The normalized spacial score (nSPS) is 12.8. The number of hydrogen-bond acceptors (Lipinski definition) is 2. The van der Waals surface area contributed by atoms with Crippen LogP contribution in [-0.4, -0.2) is 13.2 Å². The van der Waals surface area contributed by atoms with Gasteiger partial charge in [-0.1, -0.05) is 24.3 Å². The molecule has 0 fully saturated rings. The predicted molar refractivity (Wildman–Crippen MR) is 63.7 cm³/mol. The Hall–Kier alpha value is -0.540. The minimum Gasteiger partial charge on any atom is -0.212 e. The number of hydrogen-bond donors (Lipinski definition) is 0. The van der Waals surface area contributed by atoms with Crippen LogP contribution >= 0.6 is 10.7 Å². The summed E-state index contributed by atoms with van der Waals surface area (Å²) in [6.45, 7) is 5.25. The Balaban J connectivity index is 3.02. The van der Waals surface area contributed by atoms with Gasteiger partial charge in [-0.05, 0) is 38.3 Å². The van der Waals surface area contributed by atoms with Crippen molar-refractivity contribution in [2.45, 2.75) is 31.9 Å². The van der Waals surface area contributed by atoms with E-state index in [2.05, 4.69) is 0 Å². The number of halogens is 1. The average molecular weight is 247 g/mol. The van der Waals surface area contributed by atoms with Crippen molar-refractivity contribution in [3.8, 4) is 0 Å². The minimum absolute atomic E-state index is 0.436. The first-order valence-electron chi connectivity index (χ1n) is 4.73. The summed E-state index contributed by atoms with van der Waals surface area (Å²) in [6, 6.07) is 7.73. The van der Waals surface area contributed by atoms with Crippen molar-refractivity contribution in [2.24, 2.45) is 0 Å². The summed E-state index contributed by atoms with van der Waals surface area (Å²) >= 11 is 0. The van der Waals surface area contributed by atoms with Gasteiger partial charge in [0.15, 0.2) is 0 Å². The van der Waals surface area contributed by atoms with Crippen LogP contribution in [0.4, 0.5) is 0 Å². The Morgan fingerprint density at radius 1 is 1.27 bits per heavy atom. The largest absolute Gasteiger partial charge is 0.238 e. The lowest BCUT2D eigenvalue weighted by Crippen LogP contribution is -2.30. The van der Waals surface area contributed by atoms with Crippen molar-refractivity contribution in [2.75, 3.05) is 0 Å². The second-order valence-corrected chi connectivity index (χ2v) is 7.50. The summed E-state index contributed by atoms with van der Waals surface area (Å²) in [7, 11) is 1.85. The second kappa shape index (κ2) is 4.14. The van der Waals surface area contributed by atoms with Crippen LogP contribution in [0.3, 0.4) is 0 Å². The molecule has 4 heteroatoms. The number of benzene rings is 1. The Morgan fingerprint density at radius 3 is 2.27 bits per heavy atom. The first kappa shape index (κ1) is 12.5. The van der Waals surface area contributed by atoms with E-state index in [1.54, 1.807) is 13.8 Å². The van der Waals surface area contributed by atoms with E-state index in [0.717, 1.165) is 11.1 Å². The van der Waals surface area contributed by atoms with Crippen molar-refractivity contribution in [1.82, 2.24) is 0 Å². The molecule has 0 saturated carbocycles. The van der Waals surface area contributed by atoms with Crippen LogP contribution in [0.2, 0.25) is 0 Å². The third kappa shape index (κ3) is 2.95. The van der Waals surface area contributed by atoms with Crippen LogP contribution in [-0.2, 0) is 15.5 Å². The molecular formula is C11H15ClO2S. The summed E-state index contributed by atoms with van der Waals surface area (Å²) in [5.41, 5.74) is 2.11. The Morgan fingerprint density at radius 2 is 1.80 bits per heavy atom. The van der Waals surface area contributed by atoms with Crippen molar-refractivity contribution >= 4 is 19.7 Å². The summed E-state index contributed by atoms with van der Waals surface area (Å²) in [5, 5.41) is 0. The van der Waals surface area contributed by atoms with Crippen LogP contribution in [0.1, 0.15) is 25.0 Å². The molecule has 0 aliphatic rings. The Kier molecular flexibility index (Phi) is 3.46. The Labute approximate surface area is 95.7 Å². The van der Waals surface area contributed by atoms with Gasteiger partial charge >= 0.3 is 0 Å². The van der Waals surface area contributed by atoms with Gasteiger partial charge in [0, 0.05) is 10.7 Å². The summed E-state index contributed by atoms with van der Waals surface area (Å²) in [4.78, 5) is 0. The fraction of sp³-hybridized carbons (Fsp3) is 0.455. The molecule has 0 N–H and O–H groups in total. The molecule has 84 valence electrons. The van der Waals surface area contributed by atoms with Crippen LogP contribution in [0, 0.1) is 6.92 Å². The monoisotopic (exact) mass is 246 g/mol. The van der Waals surface area contributed by atoms with Gasteiger partial charge in [-0.15, -0.1) is 0 Å². The van der Waals surface area contributed by atoms with Crippen LogP contribution < -0.4 is 0 Å². The molecule has 15 heavy (non-hydrogen) atoms. The molecule has 0 heterocycles. The van der Waals surface area contributed by atoms with Gasteiger partial charge in [-0.2, -0.15) is 0 Å². The van der Waals surface area contributed by atoms with Gasteiger partial charge in [0.25, 0.3) is 0 Å². The number of aryl methyl sites for hydroxylation is 1. The van der Waals surface area contributed by atoms with Crippen molar-refractivity contribution in [1.29, 1.82) is 0 Å². The van der Waals surface area contributed by atoms with Gasteiger partial charge in [0.2, 0.25) is 9.05 Å². The second-order valence-electron chi connectivity index (χ2n) is 4.30. The quantitative estimate of drug-likeness (QED) is 0.769. The van der Waals surface area contributed by atoms with Crippen molar-refractivity contribution in [3.63, 3.8) is 0 Å². The van der Waals surface area contributed by atoms with Gasteiger partial charge in [0.05, 0.1) is 4.75 Å². The first-order chi connectivity index (χ1) is 6.74. The van der Waals surface area contributed by atoms with Crippen LogP contribution in [0.25, 0.3) is 0 Å². The SMILES string of the molecule is Cc1ccccc1CC(C)(C)S(=O)(=O)Cl. The highest BCUT2D eigenvalue weighted by Crippen LogP contribution is 2.26. The lowest BCUT2D eigenvalue weighted by molar-refractivity contribution is 0.558. The molecule has 0 saturated heterocycles. The van der Waals surface area contributed by atoms with E-state index in [1.807, 2.05) is 31.2 Å². The molecule has 0 amide bonds. The van der Waals surface area contributed by atoms with E-state index in [-0.39, 0.29) is 0 Å². The van der Waals surface area contributed by atoms with Gasteiger partial charge in [-0.25, -0.2) is 8.42 Å². The van der Waals surface area contributed by atoms with Crippen molar-refractivity contribution < 1.29 is 8.42 Å². The average Bonchev–Trinajstić information content (AvgIpc) is 2.06. The lowest BCUT2D eigenvalue weighted by atomic mass is 9.98. The predicted octanol–water partition coefficient (Wildman–Crippen LogP) is 2.88. The molecular weight excluding hydrogens is 232 g/mol. The molecule has 0 aliphatic heterocycles. The summed E-state index contributed by atoms with van der Waals surface area (Å²) < 4.78 is 21.7. The molecule has 0 unspecified atom stereocenters. The zero-order valence-electron chi connectivity index (χ0n) is 9.12. The molecule has 1 aromatic rings. The molecule has 0 atom stereocenters. The smallest absolute Gasteiger partial charge is 0.212 e. The molecule has 0 aliphatic carbocycles. The Bertz CT molecular complexity index is 449. The summed E-state index contributed by atoms with van der Waals surface area (Å²) in [6.07, 6.45) is 0.436. The topological polar surface area (TPSA) is 34.1 Å². The van der Waals surface area contributed by atoms with Gasteiger partial charge in [-0.3, -0.25) is 0 Å². The van der Waals surface area contributed by atoms with E-state index in [0.29, 0.717) is 6.42 Å². The van der Waals surface area contributed by atoms with E-state index >= 15 is 0 Å². The highest BCUT2D eigenvalue weighted by Gasteiger charge is 2.32. The van der Waals surface area contributed by atoms with E-state index in [9.17, 15) is 8.42 Å². The third-order valence-electron chi connectivity index (χ3n) is 2.54. The van der Waals surface area contributed by atoms with Crippen LogP contribution in [0.5, 0.6) is 0 Å². The molecule has 0 radical (unpaired) electrons. The zero-order valence-corrected chi connectivity index (χ0v) is 10.7. The minimum atomic E-state index is -3.55. The molecule has 0 aromatic heterocycles. The van der Waals surface area contributed by atoms with Crippen molar-refractivity contribution in [3.05, 3.63) is 35.4 Å². The van der Waals surface area contributed by atoms with E-state index in [1.165, 1.54) is 0 Å². The van der Waals surface area contributed by atoms with E-state index < -0.39 is 13.8 Å².